The predicted octanol–water partition coefficient (Wildman–Crippen LogP) is 4.65. The molecule has 2 heteroatoms. The standard InChI is InChI=1S/C20H28N2/c1-10-7-8-15-16(9-10)21-20-12(3)11(2)17-13(4)22(6)14(5)18(17)19(15)20/h7-9,11-14,17-18,21H,1-6H3. The molecule has 1 aromatic heterocycles. The summed E-state index contributed by atoms with van der Waals surface area (Å²) >= 11 is 0. The Morgan fingerprint density at radius 3 is 2.50 bits per heavy atom. The topological polar surface area (TPSA) is 19.0 Å². The Morgan fingerprint density at radius 1 is 1.05 bits per heavy atom. The zero-order valence-corrected chi connectivity index (χ0v) is 14.6. The average Bonchev–Trinajstić information content (AvgIpc) is 2.95. The Balaban J connectivity index is 2.00. The number of likely N-dealkylation sites (N-methyl/N-ethyl adjacent to an activating group) is 1. The molecular formula is C20H28N2. The minimum Gasteiger partial charge on any atom is -0.358 e. The van der Waals surface area contributed by atoms with Gasteiger partial charge >= 0.3 is 0 Å². The normalized spacial score (nSPS) is 38.3. The summed E-state index contributed by atoms with van der Waals surface area (Å²) < 4.78 is 0. The van der Waals surface area contributed by atoms with Crippen LogP contribution in [-0.4, -0.2) is 29.0 Å². The van der Waals surface area contributed by atoms with Gasteiger partial charge in [0.1, 0.15) is 0 Å². The van der Waals surface area contributed by atoms with Crippen LogP contribution in [0.25, 0.3) is 10.9 Å². The van der Waals surface area contributed by atoms with Crippen molar-refractivity contribution in [3.05, 3.63) is 35.0 Å². The summed E-state index contributed by atoms with van der Waals surface area (Å²) in [7, 11) is 2.31. The lowest BCUT2D eigenvalue weighted by molar-refractivity contribution is 0.206. The second-order valence-corrected chi connectivity index (χ2v) is 7.90. The molecular weight excluding hydrogens is 268 g/mol. The number of fused-ring (bicyclic) bond motifs is 5. The average molecular weight is 296 g/mol. The highest BCUT2D eigenvalue weighted by Gasteiger charge is 2.51. The molecule has 6 unspecified atom stereocenters. The largest absolute Gasteiger partial charge is 0.358 e. The number of H-pyrrole nitrogens is 1. The van der Waals surface area contributed by atoms with Gasteiger partial charge in [0.25, 0.3) is 0 Å². The summed E-state index contributed by atoms with van der Waals surface area (Å²) in [5.41, 5.74) is 5.80. The van der Waals surface area contributed by atoms with E-state index in [-0.39, 0.29) is 0 Å². The molecule has 0 radical (unpaired) electrons. The molecule has 1 fully saturated rings. The van der Waals surface area contributed by atoms with Crippen molar-refractivity contribution in [2.24, 2.45) is 11.8 Å². The van der Waals surface area contributed by atoms with Crippen LogP contribution in [0.1, 0.15) is 56.4 Å². The zero-order valence-electron chi connectivity index (χ0n) is 14.6. The molecule has 118 valence electrons. The number of aryl methyl sites for hydroxylation is 1. The maximum absolute atomic E-state index is 3.78. The number of nitrogens with one attached hydrogen (secondary N) is 1. The van der Waals surface area contributed by atoms with Crippen LogP contribution in [0.3, 0.4) is 0 Å². The van der Waals surface area contributed by atoms with Crippen LogP contribution in [0.4, 0.5) is 0 Å². The van der Waals surface area contributed by atoms with Gasteiger partial charge in [0.15, 0.2) is 0 Å². The molecule has 1 saturated heterocycles. The summed E-state index contributed by atoms with van der Waals surface area (Å²) in [6.07, 6.45) is 0. The molecule has 2 aromatic rings. The quantitative estimate of drug-likeness (QED) is 0.749. The van der Waals surface area contributed by atoms with Crippen molar-refractivity contribution in [3.8, 4) is 0 Å². The number of aromatic amines is 1. The third-order valence-corrected chi connectivity index (χ3v) is 6.99. The van der Waals surface area contributed by atoms with Crippen LogP contribution >= 0.6 is 0 Å². The van der Waals surface area contributed by atoms with Crippen LogP contribution in [-0.2, 0) is 0 Å². The fourth-order valence-electron chi connectivity index (χ4n) is 5.39. The number of nitrogens with zero attached hydrogens (tertiary/aromatic N) is 1. The highest BCUT2D eigenvalue weighted by Crippen LogP contribution is 2.55. The van der Waals surface area contributed by atoms with Gasteiger partial charge in [-0.15, -0.1) is 0 Å². The molecule has 2 nitrogen and oxygen atoms in total. The van der Waals surface area contributed by atoms with Gasteiger partial charge in [0.05, 0.1) is 0 Å². The van der Waals surface area contributed by atoms with Crippen molar-refractivity contribution in [3.63, 3.8) is 0 Å². The SMILES string of the molecule is Cc1ccc2c3c([nH]c2c1)C(C)C(C)C1C3C(C)N(C)C1C. The van der Waals surface area contributed by atoms with Crippen molar-refractivity contribution >= 4 is 10.9 Å². The molecule has 0 amide bonds. The second kappa shape index (κ2) is 4.61. The van der Waals surface area contributed by atoms with Gasteiger partial charge in [-0.2, -0.15) is 0 Å². The molecule has 1 aliphatic heterocycles. The highest BCUT2D eigenvalue weighted by atomic mass is 15.2. The van der Waals surface area contributed by atoms with Crippen molar-refractivity contribution in [2.45, 2.75) is 58.5 Å². The highest BCUT2D eigenvalue weighted by molar-refractivity contribution is 5.86. The van der Waals surface area contributed by atoms with E-state index in [4.69, 9.17) is 0 Å². The van der Waals surface area contributed by atoms with E-state index in [2.05, 4.69) is 69.7 Å². The van der Waals surface area contributed by atoms with Gasteiger partial charge in [-0.25, -0.2) is 0 Å². The molecule has 1 aromatic carbocycles. The summed E-state index contributed by atoms with van der Waals surface area (Å²) in [4.78, 5) is 6.38. The second-order valence-electron chi connectivity index (χ2n) is 7.90. The maximum Gasteiger partial charge on any atom is 0.0461 e. The fraction of sp³-hybridized carbons (Fsp3) is 0.600. The monoisotopic (exact) mass is 296 g/mol. The number of hydrogen-bond donors (Lipinski definition) is 1. The first kappa shape index (κ1) is 14.3. The van der Waals surface area contributed by atoms with E-state index in [1.165, 1.54) is 22.2 Å². The summed E-state index contributed by atoms with van der Waals surface area (Å²) in [6.45, 7) is 11.9. The van der Waals surface area contributed by atoms with E-state index in [9.17, 15) is 0 Å². The molecule has 2 heterocycles. The number of benzene rings is 1. The van der Waals surface area contributed by atoms with Crippen LogP contribution in [0, 0.1) is 18.8 Å². The number of hydrogen-bond acceptors (Lipinski definition) is 1. The van der Waals surface area contributed by atoms with Crippen molar-refractivity contribution in [2.75, 3.05) is 7.05 Å². The van der Waals surface area contributed by atoms with Crippen LogP contribution in [0.15, 0.2) is 18.2 Å². The predicted molar refractivity (Wildman–Crippen MR) is 93.5 cm³/mol. The Kier molecular flexibility index (Phi) is 3.00. The molecule has 6 atom stereocenters. The minimum absolute atomic E-state index is 0.616. The van der Waals surface area contributed by atoms with E-state index >= 15 is 0 Å². The third-order valence-electron chi connectivity index (χ3n) is 6.99. The van der Waals surface area contributed by atoms with E-state index in [0.717, 1.165) is 11.8 Å². The first-order valence-corrected chi connectivity index (χ1v) is 8.76. The molecule has 2 aliphatic rings. The van der Waals surface area contributed by atoms with Crippen molar-refractivity contribution < 1.29 is 0 Å². The molecule has 0 spiro atoms. The number of likely N-dealkylation sites (tertiary alicyclic amines) is 1. The third kappa shape index (κ3) is 1.65. The van der Waals surface area contributed by atoms with E-state index in [0.29, 0.717) is 23.9 Å². The maximum atomic E-state index is 3.78. The summed E-state index contributed by atoms with van der Waals surface area (Å²) in [5, 5.41) is 1.46. The van der Waals surface area contributed by atoms with Crippen LogP contribution in [0.2, 0.25) is 0 Å². The Bertz CT molecular complexity index is 729. The van der Waals surface area contributed by atoms with Crippen molar-refractivity contribution in [1.29, 1.82) is 0 Å². The van der Waals surface area contributed by atoms with Gasteiger partial charge in [0.2, 0.25) is 0 Å². The lowest BCUT2D eigenvalue weighted by Gasteiger charge is -2.39. The lowest BCUT2D eigenvalue weighted by Crippen LogP contribution is -2.34. The molecule has 0 saturated carbocycles. The summed E-state index contributed by atoms with van der Waals surface area (Å²) in [5.74, 6) is 2.78. The van der Waals surface area contributed by atoms with E-state index in [1.807, 2.05) is 0 Å². The molecule has 4 rings (SSSR count). The molecule has 1 N–H and O–H groups in total. The van der Waals surface area contributed by atoms with Gasteiger partial charge in [-0.1, -0.05) is 26.0 Å². The van der Waals surface area contributed by atoms with Gasteiger partial charge in [0, 0.05) is 34.6 Å². The smallest absolute Gasteiger partial charge is 0.0461 e. The lowest BCUT2D eigenvalue weighted by atomic mass is 9.65. The summed E-state index contributed by atoms with van der Waals surface area (Å²) in [6, 6.07) is 8.21. The van der Waals surface area contributed by atoms with Gasteiger partial charge in [-0.05, 0) is 62.8 Å². The Labute approximate surface area is 133 Å². The van der Waals surface area contributed by atoms with Gasteiger partial charge in [-0.3, -0.25) is 0 Å². The van der Waals surface area contributed by atoms with E-state index in [1.54, 1.807) is 5.56 Å². The first-order valence-electron chi connectivity index (χ1n) is 8.76. The Morgan fingerprint density at radius 2 is 1.77 bits per heavy atom. The van der Waals surface area contributed by atoms with Crippen molar-refractivity contribution in [1.82, 2.24) is 9.88 Å². The first-order chi connectivity index (χ1) is 10.4. The minimum atomic E-state index is 0.616. The molecule has 1 aliphatic carbocycles. The van der Waals surface area contributed by atoms with Gasteiger partial charge < -0.3 is 9.88 Å². The fourth-order valence-corrected chi connectivity index (χ4v) is 5.39. The number of aromatic nitrogens is 1. The Hall–Kier alpha value is -1.28. The van der Waals surface area contributed by atoms with Crippen LogP contribution in [0.5, 0.6) is 0 Å². The van der Waals surface area contributed by atoms with E-state index < -0.39 is 0 Å². The van der Waals surface area contributed by atoms with Crippen LogP contribution < -0.4 is 0 Å². The molecule has 22 heavy (non-hydrogen) atoms. The number of rotatable bonds is 0. The zero-order chi connectivity index (χ0) is 15.8. The molecule has 0 bridgehead atoms.